The third kappa shape index (κ3) is 3.83. The van der Waals surface area contributed by atoms with Crippen LogP contribution in [-0.4, -0.2) is 23.8 Å². The van der Waals surface area contributed by atoms with Crippen LogP contribution >= 0.6 is 0 Å². The number of phenolic OH excluding ortho intramolecular Hbond substituents is 1. The van der Waals surface area contributed by atoms with Gasteiger partial charge in [0.15, 0.2) is 0 Å². The standard InChI is InChI=1S/C11H16O4S/c1-8-6-10(7-9(2)11(8)12)4-3-5-16(13,14)15/h6-7,12H,3-5H2,1-2H3,(H,13,14,15). The smallest absolute Gasteiger partial charge is 0.264 e. The summed E-state index contributed by atoms with van der Waals surface area (Å²) >= 11 is 0. The van der Waals surface area contributed by atoms with Crippen molar-refractivity contribution in [1.82, 2.24) is 0 Å². The minimum atomic E-state index is -3.87. The molecule has 1 rings (SSSR count). The van der Waals surface area contributed by atoms with E-state index >= 15 is 0 Å². The van der Waals surface area contributed by atoms with Gasteiger partial charge in [0.25, 0.3) is 10.1 Å². The van der Waals surface area contributed by atoms with E-state index in [0.29, 0.717) is 12.8 Å². The van der Waals surface area contributed by atoms with Crippen LogP contribution in [0.5, 0.6) is 5.75 Å². The van der Waals surface area contributed by atoms with Crippen LogP contribution in [0.2, 0.25) is 0 Å². The molecule has 5 heteroatoms. The molecule has 0 aliphatic rings. The molecule has 0 atom stereocenters. The van der Waals surface area contributed by atoms with Crippen LogP contribution in [0, 0.1) is 13.8 Å². The van der Waals surface area contributed by atoms with E-state index < -0.39 is 10.1 Å². The lowest BCUT2D eigenvalue weighted by Gasteiger charge is -2.07. The van der Waals surface area contributed by atoms with Gasteiger partial charge in [-0.05, 0) is 43.4 Å². The van der Waals surface area contributed by atoms with Crippen molar-refractivity contribution in [2.75, 3.05) is 5.75 Å². The molecule has 4 nitrogen and oxygen atoms in total. The summed E-state index contributed by atoms with van der Waals surface area (Å²) < 4.78 is 29.6. The van der Waals surface area contributed by atoms with E-state index in [2.05, 4.69) is 0 Å². The van der Waals surface area contributed by atoms with Crippen LogP contribution in [0.15, 0.2) is 12.1 Å². The van der Waals surface area contributed by atoms with Gasteiger partial charge in [-0.2, -0.15) is 8.42 Å². The Balaban J connectivity index is 2.69. The third-order valence-electron chi connectivity index (χ3n) is 2.42. The SMILES string of the molecule is Cc1cc(CCCS(=O)(=O)O)cc(C)c1O. The highest BCUT2D eigenvalue weighted by Crippen LogP contribution is 2.23. The summed E-state index contributed by atoms with van der Waals surface area (Å²) in [6, 6.07) is 3.65. The maximum absolute atomic E-state index is 10.5. The molecule has 1 aromatic rings. The molecule has 0 unspecified atom stereocenters. The van der Waals surface area contributed by atoms with Crippen molar-refractivity contribution >= 4 is 10.1 Å². The molecule has 0 heterocycles. The monoisotopic (exact) mass is 244 g/mol. The highest BCUT2D eigenvalue weighted by atomic mass is 32.2. The number of phenols is 1. The summed E-state index contributed by atoms with van der Waals surface area (Å²) in [6.45, 7) is 3.60. The number of rotatable bonds is 4. The number of aryl methyl sites for hydroxylation is 3. The van der Waals surface area contributed by atoms with E-state index in [1.54, 1.807) is 13.8 Å². The van der Waals surface area contributed by atoms with Crippen molar-refractivity contribution in [1.29, 1.82) is 0 Å². The summed E-state index contributed by atoms with van der Waals surface area (Å²) in [5.74, 6) is 0.0462. The predicted molar refractivity (Wildman–Crippen MR) is 62.3 cm³/mol. The molecule has 16 heavy (non-hydrogen) atoms. The van der Waals surface area contributed by atoms with E-state index in [-0.39, 0.29) is 11.5 Å². The number of hydrogen-bond acceptors (Lipinski definition) is 3. The average molecular weight is 244 g/mol. The fourth-order valence-corrected chi connectivity index (χ4v) is 2.16. The van der Waals surface area contributed by atoms with Gasteiger partial charge in [-0.1, -0.05) is 12.1 Å². The van der Waals surface area contributed by atoms with Crippen molar-refractivity contribution < 1.29 is 18.1 Å². The largest absolute Gasteiger partial charge is 0.507 e. The lowest BCUT2D eigenvalue weighted by Crippen LogP contribution is -2.05. The minimum absolute atomic E-state index is 0.230. The first-order chi connectivity index (χ1) is 7.29. The van der Waals surface area contributed by atoms with E-state index in [4.69, 9.17) is 4.55 Å². The number of aromatic hydroxyl groups is 1. The van der Waals surface area contributed by atoms with Gasteiger partial charge in [0.05, 0.1) is 5.75 Å². The summed E-state index contributed by atoms with van der Waals surface area (Å²) in [5, 5.41) is 9.55. The molecule has 0 spiro atoms. The number of hydrogen-bond donors (Lipinski definition) is 2. The third-order valence-corrected chi connectivity index (χ3v) is 3.22. The highest BCUT2D eigenvalue weighted by molar-refractivity contribution is 7.85. The first-order valence-electron chi connectivity index (χ1n) is 5.04. The van der Waals surface area contributed by atoms with Crippen LogP contribution < -0.4 is 0 Å². The number of benzene rings is 1. The van der Waals surface area contributed by atoms with E-state index in [1.165, 1.54) is 0 Å². The lowest BCUT2D eigenvalue weighted by atomic mass is 10.0. The molecular formula is C11H16O4S. The van der Waals surface area contributed by atoms with Gasteiger partial charge in [-0.3, -0.25) is 4.55 Å². The maximum Gasteiger partial charge on any atom is 0.264 e. The lowest BCUT2D eigenvalue weighted by molar-refractivity contribution is 0.466. The molecule has 0 bridgehead atoms. The molecule has 1 aromatic carbocycles. The van der Waals surface area contributed by atoms with E-state index in [9.17, 15) is 13.5 Å². The molecule has 0 aliphatic heterocycles. The fourth-order valence-electron chi connectivity index (χ4n) is 1.65. The van der Waals surface area contributed by atoms with Gasteiger partial charge >= 0.3 is 0 Å². The zero-order chi connectivity index (χ0) is 12.3. The summed E-state index contributed by atoms with van der Waals surface area (Å²) in [4.78, 5) is 0. The van der Waals surface area contributed by atoms with Crippen molar-refractivity contribution in [3.63, 3.8) is 0 Å². The molecule has 0 saturated heterocycles. The Morgan fingerprint density at radius 1 is 1.19 bits per heavy atom. The van der Waals surface area contributed by atoms with E-state index in [1.807, 2.05) is 12.1 Å². The van der Waals surface area contributed by atoms with Crippen LogP contribution in [0.4, 0.5) is 0 Å². The van der Waals surface area contributed by atoms with Crippen molar-refractivity contribution in [2.45, 2.75) is 26.7 Å². The van der Waals surface area contributed by atoms with Crippen molar-refractivity contribution in [2.24, 2.45) is 0 Å². The molecule has 0 amide bonds. The van der Waals surface area contributed by atoms with Crippen molar-refractivity contribution in [3.05, 3.63) is 28.8 Å². The molecule has 0 saturated carbocycles. The van der Waals surface area contributed by atoms with Crippen LogP contribution in [-0.2, 0) is 16.5 Å². The Bertz CT molecular complexity index is 454. The van der Waals surface area contributed by atoms with Crippen LogP contribution in [0.1, 0.15) is 23.1 Å². The summed E-state index contributed by atoms with van der Waals surface area (Å²) in [7, 11) is -3.87. The zero-order valence-electron chi connectivity index (χ0n) is 9.40. The van der Waals surface area contributed by atoms with Crippen molar-refractivity contribution in [3.8, 4) is 5.75 Å². The van der Waals surface area contributed by atoms with Gasteiger partial charge in [-0.15, -0.1) is 0 Å². The van der Waals surface area contributed by atoms with E-state index in [0.717, 1.165) is 16.7 Å². The molecule has 0 fully saturated rings. The molecule has 0 aliphatic carbocycles. The van der Waals surface area contributed by atoms with Gasteiger partial charge in [0.2, 0.25) is 0 Å². The van der Waals surface area contributed by atoms with Gasteiger partial charge < -0.3 is 5.11 Å². The molecule has 2 N–H and O–H groups in total. The Labute approximate surface area is 95.7 Å². The summed E-state index contributed by atoms with van der Waals surface area (Å²) in [5.41, 5.74) is 2.53. The Morgan fingerprint density at radius 2 is 1.69 bits per heavy atom. The fraction of sp³-hybridized carbons (Fsp3) is 0.455. The normalized spacial score (nSPS) is 11.7. The first kappa shape index (κ1) is 13.0. The molecule has 90 valence electrons. The van der Waals surface area contributed by atoms with Gasteiger partial charge in [-0.25, -0.2) is 0 Å². The Kier molecular flexibility index (Phi) is 3.93. The maximum atomic E-state index is 10.5. The predicted octanol–water partition coefficient (Wildman–Crippen LogP) is 1.83. The molecular weight excluding hydrogens is 228 g/mol. The average Bonchev–Trinajstić information content (AvgIpc) is 2.12. The topological polar surface area (TPSA) is 74.6 Å². The van der Waals surface area contributed by atoms with Crippen LogP contribution in [0.25, 0.3) is 0 Å². The van der Waals surface area contributed by atoms with Crippen LogP contribution in [0.3, 0.4) is 0 Å². The first-order valence-corrected chi connectivity index (χ1v) is 6.65. The summed E-state index contributed by atoms with van der Waals surface area (Å²) in [6.07, 6.45) is 0.949. The molecule has 0 radical (unpaired) electrons. The van der Waals surface area contributed by atoms with Gasteiger partial charge in [0.1, 0.15) is 5.75 Å². The second kappa shape index (κ2) is 4.84. The Morgan fingerprint density at radius 3 is 2.12 bits per heavy atom. The second-order valence-electron chi connectivity index (χ2n) is 3.97. The minimum Gasteiger partial charge on any atom is -0.507 e. The highest BCUT2D eigenvalue weighted by Gasteiger charge is 2.06. The van der Waals surface area contributed by atoms with Gasteiger partial charge in [0, 0.05) is 0 Å². The Hall–Kier alpha value is -1.07. The second-order valence-corrected chi connectivity index (χ2v) is 5.54. The quantitative estimate of drug-likeness (QED) is 0.792. The zero-order valence-corrected chi connectivity index (χ0v) is 10.2. The molecule has 0 aromatic heterocycles.